The summed E-state index contributed by atoms with van der Waals surface area (Å²) >= 11 is 0. The number of fused-ring (bicyclic) bond motifs is 1. The van der Waals surface area contributed by atoms with Crippen molar-refractivity contribution in [2.45, 2.75) is 6.42 Å². The highest BCUT2D eigenvalue weighted by atomic mass is 16.6. The Hall–Kier alpha value is -3.35. The summed E-state index contributed by atoms with van der Waals surface area (Å²) < 4.78 is 0. The largest absolute Gasteiger partial charge is 0.477 e. The smallest absolute Gasteiger partial charge is 0.344 e. The number of carboxylic acids is 1. The molecule has 3 N–H and O–H groups in total. The minimum atomic E-state index is -1.32. The molecule has 0 bridgehead atoms. The topological polar surface area (TPSA) is 108 Å². The van der Waals surface area contributed by atoms with Crippen molar-refractivity contribution in [3.8, 4) is 0 Å². The van der Waals surface area contributed by atoms with Crippen LogP contribution in [0.25, 0.3) is 10.9 Å². The number of hydrogen-bond acceptors (Lipinski definition) is 4. The van der Waals surface area contributed by atoms with Crippen molar-refractivity contribution >= 4 is 28.2 Å². The molecule has 0 radical (unpaired) electrons. The summed E-state index contributed by atoms with van der Waals surface area (Å²) in [6, 6.07) is 12.1. The number of nitrogens with one attached hydrogen (secondary N) is 2. The van der Waals surface area contributed by atoms with Crippen LogP contribution in [-0.4, -0.2) is 27.5 Å². The van der Waals surface area contributed by atoms with E-state index in [9.17, 15) is 20.0 Å². The second-order valence-electron chi connectivity index (χ2n) is 5.30. The molecule has 1 heterocycles. The van der Waals surface area contributed by atoms with E-state index in [4.69, 9.17) is 0 Å². The minimum Gasteiger partial charge on any atom is -0.477 e. The Balaban J connectivity index is 1.79. The zero-order valence-electron chi connectivity index (χ0n) is 12.7. The maximum atomic E-state index is 11.4. The SMILES string of the molecule is O=C(O)c1c(NCCc2c[nH]c3ccccc23)cccc1[N+](=O)[O-]. The molecular formula is C17H15N3O4. The van der Waals surface area contributed by atoms with Crippen LogP contribution in [0.5, 0.6) is 0 Å². The Kier molecular flexibility index (Phi) is 4.15. The van der Waals surface area contributed by atoms with Crippen LogP contribution in [0.4, 0.5) is 11.4 Å². The van der Waals surface area contributed by atoms with Gasteiger partial charge in [0.15, 0.2) is 5.56 Å². The third kappa shape index (κ3) is 2.91. The first kappa shape index (κ1) is 15.5. The molecule has 0 amide bonds. The molecule has 7 nitrogen and oxygen atoms in total. The minimum absolute atomic E-state index is 0.247. The molecule has 0 aliphatic rings. The number of para-hydroxylation sites is 1. The summed E-state index contributed by atoms with van der Waals surface area (Å²) in [7, 11) is 0. The fourth-order valence-electron chi connectivity index (χ4n) is 2.73. The van der Waals surface area contributed by atoms with Gasteiger partial charge in [-0.25, -0.2) is 4.79 Å². The number of anilines is 1. The number of carboxylic acid groups (broad SMARTS) is 1. The maximum absolute atomic E-state index is 11.4. The normalized spacial score (nSPS) is 10.7. The molecule has 3 rings (SSSR count). The summed E-state index contributed by atoms with van der Waals surface area (Å²) in [5.74, 6) is -1.32. The lowest BCUT2D eigenvalue weighted by Crippen LogP contribution is -2.11. The number of hydrogen-bond donors (Lipinski definition) is 3. The number of nitro benzene ring substituents is 1. The highest BCUT2D eigenvalue weighted by Gasteiger charge is 2.23. The molecule has 1 aromatic heterocycles. The molecule has 2 aromatic carbocycles. The zero-order valence-corrected chi connectivity index (χ0v) is 12.7. The summed E-state index contributed by atoms with van der Waals surface area (Å²) in [5, 5.41) is 24.4. The molecule has 0 unspecified atom stereocenters. The number of benzene rings is 2. The summed E-state index contributed by atoms with van der Waals surface area (Å²) in [6.07, 6.45) is 2.57. The van der Waals surface area contributed by atoms with Crippen LogP contribution in [-0.2, 0) is 6.42 Å². The van der Waals surface area contributed by atoms with Gasteiger partial charge in [0, 0.05) is 29.7 Å². The monoisotopic (exact) mass is 325 g/mol. The number of aromatic carboxylic acids is 1. The first-order chi connectivity index (χ1) is 11.6. The van der Waals surface area contributed by atoms with Crippen LogP contribution >= 0.6 is 0 Å². The van der Waals surface area contributed by atoms with E-state index < -0.39 is 16.6 Å². The Morgan fingerprint density at radius 2 is 2.00 bits per heavy atom. The van der Waals surface area contributed by atoms with Crippen LogP contribution in [0.2, 0.25) is 0 Å². The van der Waals surface area contributed by atoms with Gasteiger partial charge >= 0.3 is 5.97 Å². The molecule has 7 heteroatoms. The van der Waals surface area contributed by atoms with Crippen molar-refractivity contribution in [3.63, 3.8) is 0 Å². The van der Waals surface area contributed by atoms with Crippen LogP contribution in [0.15, 0.2) is 48.7 Å². The van der Waals surface area contributed by atoms with Gasteiger partial charge < -0.3 is 15.4 Å². The number of H-pyrrole nitrogens is 1. The van der Waals surface area contributed by atoms with Gasteiger partial charge in [-0.1, -0.05) is 24.3 Å². The molecule has 0 saturated carbocycles. The zero-order chi connectivity index (χ0) is 17.1. The number of nitrogens with zero attached hydrogens (tertiary/aromatic N) is 1. The van der Waals surface area contributed by atoms with E-state index in [-0.39, 0.29) is 11.3 Å². The first-order valence-electron chi connectivity index (χ1n) is 7.37. The van der Waals surface area contributed by atoms with Crippen LogP contribution < -0.4 is 5.32 Å². The Bertz CT molecular complexity index is 917. The van der Waals surface area contributed by atoms with E-state index >= 15 is 0 Å². The standard InChI is InChI=1S/C17H15N3O4/c21-17(22)16-14(6-3-7-15(16)20(23)24)18-9-8-11-10-19-13-5-2-1-4-12(11)13/h1-7,10,18-19H,8-9H2,(H,21,22). The van der Waals surface area contributed by atoms with Crippen molar-refractivity contribution in [2.24, 2.45) is 0 Å². The van der Waals surface area contributed by atoms with Crippen molar-refractivity contribution in [1.29, 1.82) is 0 Å². The van der Waals surface area contributed by atoms with Crippen LogP contribution in [0, 0.1) is 10.1 Å². The van der Waals surface area contributed by atoms with Gasteiger partial charge in [0.2, 0.25) is 0 Å². The summed E-state index contributed by atoms with van der Waals surface area (Å²) in [6.45, 7) is 0.462. The third-order valence-corrected chi connectivity index (χ3v) is 3.84. The van der Waals surface area contributed by atoms with E-state index in [1.54, 1.807) is 0 Å². The lowest BCUT2D eigenvalue weighted by atomic mass is 10.1. The van der Waals surface area contributed by atoms with Gasteiger partial charge in [-0.15, -0.1) is 0 Å². The number of aromatic amines is 1. The van der Waals surface area contributed by atoms with Crippen molar-refractivity contribution in [3.05, 3.63) is 69.9 Å². The number of rotatable bonds is 6. The molecule has 0 atom stereocenters. The molecule has 0 fully saturated rings. The van der Waals surface area contributed by atoms with E-state index in [1.807, 2.05) is 30.5 Å². The van der Waals surface area contributed by atoms with E-state index in [1.165, 1.54) is 18.2 Å². The Labute approximate surface area is 137 Å². The fourth-order valence-corrected chi connectivity index (χ4v) is 2.73. The van der Waals surface area contributed by atoms with Gasteiger partial charge in [0.05, 0.1) is 10.6 Å². The molecule has 0 aliphatic carbocycles. The summed E-state index contributed by atoms with van der Waals surface area (Å²) in [4.78, 5) is 24.9. The van der Waals surface area contributed by atoms with Gasteiger partial charge in [0.25, 0.3) is 5.69 Å². The number of carbonyl (C=O) groups is 1. The highest BCUT2D eigenvalue weighted by molar-refractivity contribution is 5.98. The van der Waals surface area contributed by atoms with E-state index in [0.717, 1.165) is 16.5 Å². The second kappa shape index (κ2) is 6.41. The second-order valence-corrected chi connectivity index (χ2v) is 5.30. The van der Waals surface area contributed by atoms with Crippen molar-refractivity contribution in [2.75, 3.05) is 11.9 Å². The molecule has 0 spiro atoms. The molecule has 3 aromatic rings. The average molecular weight is 325 g/mol. The predicted molar refractivity (Wildman–Crippen MR) is 90.5 cm³/mol. The van der Waals surface area contributed by atoms with Gasteiger partial charge in [-0.2, -0.15) is 0 Å². The highest BCUT2D eigenvalue weighted by Crippen LogP contribution is 2.26. The van der Waals surface area contributed by atoms with E-state index in [2.05, 4.69) is 10.3 Å². The van der Waals surface area contributed by atoms with E-state index in [0.29, 0.717) is 13.0 Å². The van der Waals surface area contributed by atoms with Crippen molar-refractivity contribution in [1.82, 2.24) is 4.98 Å². The van der Waals surface area contributed by atoms with Gasteiger partial charge in [0.1, 0.15) is 0 Å². The molecule has 0 saturated heterocycles. The summed E-state index contributed by atoms with van der Waals surface area (Å²) in [5.41, 5.74) is 1.65. The first-order valence-corrected chi connectivity index (χ1v) is 7.37. The lowest BCUT2D eigenvalue weighted by Gasteiger charge is -2.09. The third-order valence-electron chi connectivity index (χ3n) is 3.84. The van der Waals surface area contributed by atoms with Gasteiger partial charge in [-0.3, -0.25) is 10.1 Å². The van der Waals surface area contributed by atoms with Crippen LogP contribution in [0.3, 0.4) is 0 Å². The van der Waals surface area contributed by atoms with Crippen LogP contribution in [0.1, 0.15) is 15.9 Å². The van der Waals surface area contributed by atoms with Gasteiger partial charge in [-0.05, 0) is 24.1 Å². The Morgan fingerprint density at radius 1 is 1.21 bits per heavy atom. The predicted octanol–water partition coefficient (Wildman–Crippen LogP) is 3.43. The maximum Gasteiger partial charge on any atom is 0.344 e. The molecule has 122 valence electrons. The number of aromatic nitrogens is 1. The lowest BCUT2D eigenvalue weighted by molar-refractivity contribution is -0.385. The number of nitro groups is 1. The molecule has 24 heavy (non-hydrogen) atoms. The average Bonchev–Trinajstić information content (AvgIpc) is 2.98. The molecule has 0 aliphatic heterocycles. The van der Waals surface area contributed by atoms with Crippen molar-refractivity contribution < 1.29 is 14.8 Å². The molecular weight excluding hydrogens is 310 g/mol. The fraction of sp³-hybridized carbons (Fsp3) is 0.118. The quantitative estimate of drug-likeness (QED) is 0.475. The Morgan fingerprint density at radius 3 is 2.75 bits per heavy atom.